The molecule has 0 bridgehead atoms. The number of hydrogen-bond acceptors (Lipinski definition) is 5. The van der Waals surface area contributed by atoms with Crippen LogP contribution in [0.15, 0.2) is 30.6 Å². The number of ether oxygens (including phenoxy) is 1. The third-order valence-corrected chi connectivity index (χ3v) is 2.24. The highest BCUT2D eigenvalue weighted by Gasteiger charge is 2.11. The van der Waals surface area contributed by atoms with Gasteiger partial charge in [-0.1, -0.05) is 12.1 Å². The Balaban J connectivity index is 2.27. The van der Waals surface area contributed by atoms with Crippen LogP contribution in [0.3, 0.4) is 0 Å². The number of aromatic nitrogens is 3. The maximum absolute atomic E-state index is 11.2. The molecule has 6 nitrogen and oxygen atoms in total. The Labute approximate surface area is 97.5 Å². The van der Waals surface area contributed by atoms with Crippen LogP contribution in [-0.2, 0) is 11.3 Å². The van der Waals surface area contributed by atoms with Crippen molar-refractivity contribution in [1.29, 1.82) is 0 Å². The highest BCUT2D eigenvalue weighted by molar-refractivity contribution is 5.84. The normalized spacial score (nSPS) is 10.2. The van der Waals surface area contributed by atoms with E-state index in [0.29, 0.717) is 0 Å². The summed E-state index contributed by atoms with van der Waals surface area (Å²) in [5.41, 5.74) is 1.56. The number of aliphatic hydroxyl groups is 1. The molecule has 88 valence electrons. The average Bonchev–Trinajstić information content (AvgIpc) is 2.87. The van der Waals surface area contributed by atoms with Crippen LogP contribution in [0.4, 0.5) is 0 Å². The largest absolute Gasteiger partial charge is 0.463 e. The van der Waals surface area contributed by atoms with Gasteiger partial charge in [0.15, 0.2) is 0 Å². The molecule has 0 saturated heterocycles. The smallest absolute Gasteiger partial charge is 0.377 e. The van der Waals surface area contributed by atoms with Gasteiger partial charge in [0.2, 0.25) is 0 Å². The van der Waals surface area contributed by atoms with Gasteiger partial charge in [-0.05, 0) is 17.7 Å². The molecule has 1 aromatic heterocycles. The molecule has 0 radical (unpaired) electrons. The van der Waals surface area contributed by atoms with Crippen molar-refractivity contribution in [2.75, 3.05) is 7.11 Å². The molecule has 0 unspecified atom stereocenters. The molecule has 17 heavy (non-hydrogen) atoms. The summed E-state index contributed by atoms with van der Waals surface area (Å²) >= 11 is 0. The van der Waals surface area contributed by atoms with Gasteiger partial charge in [0, 0.05) is 0 Å². The van der Waals surface area contributed by atoms with Crippen LogP contribution >= 0.6 is 0 Å². The lowest BCUT2D eigenvalue weighted by Crippen LogP contribution is -2.05. The van der Waals surface area contributed by atoms with E-state index in [1.165, 1.54) is 18.1 Å². The maximum atomic E-state index is 11.2. The molecule has 6 heteroatoms. The highest BCUT2D eigenvalue weighted by atomic mass is 16.5. The van der Waals surface area contributed by atoms with E-state index in [1.54, 1.807) is 24.3 Å². The molecule has 1 aromatic carbocycles. The second-order valence-corrected chi connectivity index (χ2v) is 3.33. The molecular formula is C11H11N3O3. The number of benzene rings is 1. The van der Waals surface area contributed by atoms with Gasteiger partial charge < -0.3 is 9.84 Å². The third kappa shape index (κ3) is 2.31. The SMILES string of the molecule is COC(=O)c1ncn(-c2ccc(CO)cc2)n1. The number of nitrogens with zero attached hydrogens (tertiary/aromatic N) is 3. The van der Waals surface area contributed by atoms with E-state index in [-0.39, 0.29) is 12.4 Å². The lowest BCUT2D eigenvalue weighted by Gasteiger charge is -2.01. The topological polar surface area (TPSA) is 77.2 Å². The summed E-state index contributed by atoms with van der Waals surface area (Å²) in [6, 6.07) is 7.10. The van der Waals surface area contributed by atoms with Crippen molar-refractivity contribution in [1.82, 2.24) is 14.8 Å². The third-order valence-electron chi connectivity index (χ3n) is 2.24. The Morgan fingerprint density at radius 3 is 2.71 bits per heavy atom. The van der Waals surface area contributed by atoms with E-state index in [2.05, 4.69) is 14.8 Å². The Morgan fingerprint density at radius 1 is 1.41 bits per heavy atom. The molecule has 0 fully saturated rings. The standard InChI is InChI=1S/C11H11N3O3/c1-17-11(16)10-12-7-14(13-10)9-4-2-8(6-15)3-5-9/h2-5,7,15H,6H2,1H3. The molecule has 0 aliphatic heterocycles. The van der Waals surface area contributed by atoms with Crippen LogP contribution in [-0.4, -0.2) is 33.0 Å². The average molecular weight is 233 g/mol. The first-order valence-electron chi connectivity index (χ1n) is 4.94. The van der Waals surface area contributed by atoms with Gasteiger partial charge >= 0.3 is 5.97 Å². The predicted molar refractivity (Wildman–Crippen MR) is 58.6 cm³/mol. The van der Waals surface area contributed by atoms with Crippen LogP contribution < -0.4 is 0 Å². The molecule has 0 atom stereocenters. The zero-order valence-corrected chi connectivity index (χ0v) is 9.20. The van der Waals surface area contributed by atoms with Crippen LogP contribution in [0.5, 0.6) is 0 Å². The zero-order chi connectivity index (χ0) is 12.3. The lowest BCUT2D eigenvalue weighted by atomic mass is 10.2. The zero-order valence-electron chi connectivity index (χ0n) is 9.20. The van der Waals surface area contributed by atoms with Crippen LogP contribution in [0.1, 0.15) is 16.2 Å². The van der Waals surface area contributed by atoms with Gasteiger partial charge in [-0.3, -0.25) is 0 Å². The van der Waals surface area contributed by atoms with Gasteiger partial charge in [0.25, 0.3) is 5.82 Å². The van der Waals surface area contributed by atoms with Gasteiger partial charge in [0.1, 0.15) is 6.33 Å². The van der Waals surface area contributed by atoms with E-state index in [0.717, 1.165) is 11.3 Å². The number of esters is 1. The van der Waals surface area contributed by atoms with E-state index < -0.39 is 5.97 Å². The minimum absolute atomic E-state index is 0.00888. The van der Waals surface area contributed by atoms with Crippen molar-refractivity contribution in [3.05, 3.63) is 42.0 Å². The second kappa shape index (κ2) is 4.75. The molecule has 0 amide bonds. The van der Waals surface area contributed by atoms with E-state index >= 15 is 0 Å². The summed E-state index contributed by atoms with van der Waals surface area (Å²) in [6.07, 6.45) is 1.43. The Morgan fingerprint density at radius 2 is 2.12 bits per heavy atom. The monoisotopic (exact) mass is 233 g/mol. The number of aliphatic hydroxyl groups excluding tert-OH is 1. The molecule has 2 aromatic rings. The van der Waals surface area contributed by atoms with Crippen molar-refractivity contribution in [3.63, 3.8) is 0 Å². The second-order valence-electron chi connectivity index (χ2n) is 3.33. The van der Waals surface area contributed by atoms with Gasteiger partial charge in [-0.15, -0.1) is 5.10 Å². The molecule has 0 aliphatic carbocycles. The number of hydrogen-bond donors (Lipinski definition) is 1. The first-order valence-corrected chi connectivity index (χ1v) is 4.94. The van der Waals surface area contributed by atoms with Crippen molar-refractivity contribution >= 4 is 5.97 Å². The fourth-order valence-corrected chi connectivity index (χ4v) is 1.33. The van der Waals surface area contributed by atoms with Crippen LogP contribution in [0.25, 0.3) is 5.69 Å². The predicted octanol–water partition coefficient (Wildman–Crippen LogP) is 0.546. The van der Waals surface area contributed by atoms with Crippen molar-refractivity contribution < 1.29 is 14.6 Å². The molecule has 1 N–H and O–H groups in total. The minimum atomic E-state index is -0.573. The fraction of sp³-hybridized carbons (Fsp3) is 0.182. The van der Waals surface area contributed by atoms with Gasteiger partial charge in [-0.25, -0.2) is 14.5 Å². The van der Waals surface area contributed by atoms with E-state index in [1.807, 2.05) is 0 Å². The molecule has 0 saturated carbocycles. The molecular weight excluding hydrogens is 222 g/mol. The minimum Gasteiger partial charge on any atom is -0.463 e. The number of methoxy groups -OCH3 is 1. The first-order chi connectivity index (χ1) is 8.24. The molecule has 0 aliphatic rings. The van der Waals surface area contributed by atoms with Gasteiger partial charge in [0.05, 0.1) is 19.4 Å². The molecule has 2 rings (SSSR count). The lowest BCUT2D eigenvalue weighted by molar-refractivity contribution is 0.0587. The maximum Gasteiger partial charge on any atom is 0.377 e. The summed E-state index contributed by atoms with van der Waals surface area (Å²) < 4.78 is 5.98. The Kier molecular flexibility index (Phi) is 3.15. The quantitative estimate of drug-likeness (QED) is 0.783. The Bertz CT molecular complexity index is 519. The number of carbonyl (C=O) groups excluding carboxylic acids is 1. The molecule has 1 heterocycles. The highest BCUT2D eigenvalue weighted by Crippen LogP contribution is 2.08. The first kappa shape index (κ1) is 11.3. The summed E-state index contributed by atoms with van der Waals surface area (Å²) in [5.74, 6) is -0.561. The fourth-order valence-electron chi connectivity index (χ4n) is 1.33. The summed E-state index contributed by atoms with van der Waals surface area (Å²) in [4.78, 5) is 15.0. The van der Waals surface area contributed by atoms with Crippen LogP contribution in [0, 0.1) is 0 Å². The van der Waals surface area contributed by atoms with E-state index in [4.69, 9.17) is 5.11 Å². The van der Waals surface area contributed by atoms with Crippen molar-refractivity contribution in [3.8, 4) is 5.69 Å². The molecule has 0 spiro atoms. The number of rotatable bonds is 3. The van der Waals surface area contributed by atoms with E-state index in [9.17, 15) is 4.79 Å². The van der Waals surface area contributed by atoms with Crippen molar-refractivity contribution in [2.24, 2.45) is 0 Å². The van der Waals surface area contributed by atoms with Crippen molar-refractivity contribution in [2.45, 2.75) is 6.61 Å². The van der Waals surface area contributed by atoms with Gasteiger partial charge in [-0.2, -0.15) is 0 Å². The summed E-state index contributed by atoms with van der Waals surface area (Å²) in [6.45, 7) is -0.00888. The Hall–Kier alpha value is -2.21. The summed E-state index contributed by atoms with van der Waals surface area (Å²) in [7, 11) is 1.28. The van der Waals surface area contributed by atoms with Crippen LogP contribution in [0.2, 0.25) is 0 Å². The summed E-state index contributed by atoms with van der Waals surface area (Å²) in [5, 5.41) is 12.9. The number of carbonyl (C=O) groups is 1.